The Labute approximate surface area is 78.8 Å². The van der Waals surface area contributed by atoms with Crippen molar-refractivity contribution < 1.29 is 19.2 Å². The molecule has 0 aliphatic rings. The van der Waals surface area contributed by atoms with E-state index >= 15 is 0 Å². The summed E-state index contributed by atoms with van der Waals surface area (Å²) in [5, 5.41) is 8.17. The van der Waals surface area contributed by atoms with E-state index in [2.05, 4.69) is 4.52 Å². The summed E-state index contributed by atoms with van der Waals surface area (Å²) in [5.41, 5.74) is 5.02. The second-order valence-corrected chi connectivity index (χ2v) is 7.21. The summed E-state index contributed by atoms with van der Waals surface area (Å²) in [6, 6.07) is 0. The molecule has 0 saturated carbocycles. The van der Waals surface area contributed by atoms with Crippen molar-refractivity contribution in [2.24, 2.45) is 5.50 Å². The molecule has 0 spiro atoms. The van der Waals surface area contributed by atoms with Gasteiger partial charge in [-0.2, -0.15) is 0 Å². The standard InChI is InChI=1S/C4H8Cl2NO4P/c5-12(6,7)11-4(10)2-1-3(8)9/h12H,1-2,7H2,(H,8,9). The fourth-order valence-corrected chi connectivity index (χ4v) is 1.33. The monoisotopic (exact) mass is 235 g/mol. The van der Waals surface area contributed by atoms with Gasteiger partial charge in [-0.15, -0.1) is 0 Å². The van der Waals surface area contributed by atoms with Gasteiger partial charge in [0.05, 0.1) is 0 Å². The van der Waals surface area contributed by atoms with Crippen LogP contribution in [0.15, 0.2) is 0 Å². The zero-order chi connectivity index (χ0) is 9.78. The van der Waals surface area contributed by atoms with Crippen LogP contribution in [0, 0.1) is 0 Å². The van der Waals surface area contributed by atoms with E-state index in [-0.39, 0.29) is 12.8 Å². The van der Waals surface area contributed by atoms with Crippen LogP contribution < -0.4 is 5.50 Å². The number of carboxylic acid groups (broad SMARTS) is 1. The van der Waals surface area contributed by atoms with Gasteiger partial charge in [-0.1, -0.05) is 0 Å². The van der Waals surface area contributed by atoms with Crippen molar-refractivity contribution in [2.45, 2.75) is 12.8 Å². The van der Waals surface area contributed by atoms with Crippen LogP contribution in [0.25, 0.3) is 0 Å². The first-order chi connectivity index (χ1) is 5.31. The summed E-state index contributed by atoms with van der Waals surface area (Å²) in [6.07, 6.45) is -3.99. The molecule has 0 aromatic rings. The molecule has 0 aromatic carbocycles. The van der Waals surface area contributed by atoms with Gasteiger partial charge in [-0.25, -0.2) is 0 Å². The van der Waals surface area contributed by atoms with Gasteiger partial charge in [0.25, 0.3) is 0 Å². The first-order valence-electron chi connectivity index (χ1n) is 2.91. The van der Waals surface area contributed by atoms with Crippen molar-refractivity contribution in [3.05, 3.63) is 0 Å². The molecular formula is C4H8Cl2NO4P. The Balaban J connectivity index is 3.68. The van der Waals surface area contributed by atoms with E-state index in [9.17, 15) is 9.59 Å². The molecule has 0 unspecified atom stereocenters. The quantitative estimate of drug-likeness (QED) is 0.716. The Bertz CT molecular complexity index is 192. The van der Waals surface area contributed by atoms with E-state index in [1.54, 1.807) is 0 Å². The summed E-state index contributed by atoms with van der Waals surface area (Å²) in [5.74, 6) is -1.89. The molecule has 0 amide bonds. The van der Waals surface area contributed by atoms with Gasteiger partial charge < -0.3 is 0 Å². The Kier molecular flexibility index (Phi) is 4.78. The van der Waals surface area contributed by atoms with Crippen molar-refractivity contribution >= 4 is 40.8 Å². The number of hydrogen-bond acceptors (Lipinski definition) is 4. The number of carboxylic acids is 1. The summed E-state index contributed by atoms with van der Waals surface area (Å²) in [6.45, 7) is 0. The molecule has 0 heterocycles. The molecule has 0 fully saturated rings. The Morgan fingerprint density at radius 2 is 1.92 bits per heavy atom. The van der Waals surface area contributed by atoms with Crippen LogP contribution in [0.1, 0.15) is 12.8 Å². The third-order valence-corrected chi connectivity index (χ3v) is 1.76. The molecule has 72 valence electrons. The number of hydrogen-bond donors (Lipinski definition) is 2. The molecule has 5 nitrogen and oxygen atoms in total. The summed E-state index contributed by atoms with van der Waals surface area (Å²) in [7, 11) is 0. The van der Waals surface area contributed by atoms with E-state index in [4.69, 9.17) is 33.1 Å². The SMILES string of the molecule is N[PH](Cl)(Cl)OC(=O)CCC(=O)O. The zero-order valence-corrected chi connectivity index (χ0v) is 8.43. The van der Waals surface area contributed by atoms with Crippen molar-refractivity contribution in [1.82, 2.24) is 0 Å². The third-order valence-electron chi connectivity index (χ3n) is 0.793. The summed E-state index contributed by atoms with van der Waals surface area (Å²) in [4.78, 5) is 20.6. The van der Waals surface area contributed by atoms with Crippen LogP contribution in [0.4, 0.5) is 0 Å². The fraction of sp³-hybridized carbons (Fsp3) is 0.500. The predicted molar refractivity (Wildman–Crippen MR) is 47.2 cm³/mol. The van der Waals surface area contributed by atoms with Gasteiger partial charge in [0.1, 0.15) is 0 Å². The molecule has 0 radical (unpaired) electrons. The maximum absolute atomic E-state index is 10.7. The van der Waals surface area contributed by atoms with E-state index in [0.29, 0.717) is 0 Å². The van der Waals surface area contributed by atoms with E-state index in [1.165, 1.54) is 0 Å². The van der Waals surface area contributed by atoms with Crippen molar-refractivity contribution in [1.29, 1.82) is 0 Å². The maximum atomic E-state index is 10.7. The first kappa shape index (κ1) is 11.9. The Hall–Kier alpha value is -0.0900. The number of aliphatic carboxylic acids is 1. The van der Waals surface area contributed by atoms with Crippen LogP contribution in [0.3, 0.4) is 0 Å². The summed E-state index contributed by atoms with van der Waals surface area (Å²) >= 11 is 10.5. The molecular weight excluding hydrogens is 228 g/mol. The average Bonchev–Trinajstić information content (AvgIpc) is 1.79. The molecule has 0 aliphatic heterocycles. The normalized spacial score (nSPS) is 12.2. The summed E-state index contributed by atoms with van der Waals surface area (Å²) < 4.78 is 4.33. The molecule has 0 saturated heterocycles. The topological polar surface area (TPSA) is 89.6 Å². The van der Waals surface area contributed by atoms with Crippen molar-refractivity contribution in [3.63, 3.8) is 0 Å². The van der Waals surface area contributed by atoms with Gasteiger partial charge in [0.2, 0.25) is 0 Å². The fourth-order valence-electron chi connectivity index (χ4n) is 0.412. The Morgan fingerprint density at radius 3 is 2.25 bits per heavy atom. The average molecular weight is 236 g/mol. The van der Waals surface area contributed by atoms with E-state index in [0.717, 1.165) is 0 Å². The molecule has 0 rings (SSSR count). The van der Waals surface area contributed by atoms with Crippen LogP contribution in [-0.4, -0.2) is 17.0 Å². The number of carbonyl (C=O) groups excluding carboxylic acids is 1. The van der Waals surface area contributed by atoms with Gasteiger partial charge in [0.15, 0.2) is 0 Å². The van der Waals surface area contributed by atoms with Crippen molar-refractivity contribution in [2.75, 3.05) is 0 Å². The second kappa shape index (κ2) is 4.82. The van der Waals surface area contributed by atoms with Crippen LogP contribution in [0.2, 0.25) is 0 Å². The molecule has 8 heteroatoms. The minimum absolute atomic E-state index is 0.277. The van der Waals surface area contributed by atoms with Gasteiger partial charge in [-0.3, -0.25) is 0 Å². The van der Waals surface area contributed by atoms with Gasteiger partial charge in [-0.05, 0) is 0 Å². The Morgan fingerprint density at radius 1 is 1.42 bits per heavy atom. The first-order valence-corrected chi connectivity index (χ1v) is 6.92. The zero-order valence-electron chi connectivity index (χ0n) is 5.92. The van der Waals surface area contributed by atoms with Crippen molar-refractivity contribution in [3.8, 4) is 0 Å². The molecule has 3 N–H and O–H groups in total. The number of rotatable bonds is 4. The van der Waals surface area contributed by atoms with Gasteiger partial charge in [0, 0.05) is 0 Å². The predicted octanol–water partition coefficient (Wildman–Crippen LogP) is 1.24. The van der Waals surface area contributed by atoms with E-state index in [1.807, 2.05) is 0 Å². The van der Waals surface area contributed by atoms with Crippen LogP contribution in [0.5, 0.6) is 0 Å². The molecule has 12 heavy (non-hydrogen) atoms. The van der Waals surface area contributed by atoms with Crippen LogP contribution >= 0.6 is 28.8 Å². The number of carbonyl (C=O) groups is 2. The van der Waals surface area contributed by atoms with E-state index < -0.39 is 18.3 Å². The number of halogens is 2. The molecule has 0 aliphatic carbocycles. The minimum atomic E-state index is -3.39. The van der Waals surface area contributed by atoms with Gasteiger partial charge >= 0.3 is 78.3 Å². The molecule has 0 aromatic heterocycles. The second-order valence-electron chi connectivity index (χ2n) is 1.93. The third kappa shape index (κ3) is 8.01. The number of nitrogens with two attached hydrogens (primary N) is 1. The molecule has 0 bridgehead atoms. The van der Waals surface area contributed by atoms with Crippen LogP contribution in [-0.2, 0) is 14.1 Å². The molecule has 0 atom stereocenters.